The van der Waals surface area contributed by atoms with E-state index in [0.717, 1.165) is 13.0 Å². The highest BCUT2D eigenvalue weighted by Crippen LogP contribution is 2.21. The smallest absolute Gasteiger partial charge is 0.0202 e. The van der Waals surface area contributed by atoms with Crippen molar-refractivity contribution in [3.05, 3.63) is 23.0 Å². The molecule has 0 saturated carbocycles. The number of nitrogens with two attached hydrogens (primary N) is 1. The molecule has 0 aliphatic rings. The van der Waals surface area contributed by atoms with Crippen LogP contribution in [-0.4, -0.2) is 11.1 Å². The maximum atomic E-state index is 5.56. The van der Waals surface area contributed by atoms with Crippen molar-refractivity contribution in [1.82, 2.24) is 4.57 Å². The van der Waals surface area contributed by atoms with Crippen LogP contribution in [0.25, 0.3) is 0 Å². The summed E-state index contributed by atoms with van der Waals surface area (Å²) >= 11 is 0. The van der Waals surface area contributed by atoms with Crippen LogP contribution in [0.3, 0.4) is 0 Å². The van der Waals surface area contributed by atoms with E-state index in [1.165, 1.54) is 17.0 Å². The van der Waals surface area contributed by atoms with Gasteiger partial charge in [-0.25, -0.2) is 0 Å². The average molecular weight is 180 g/mol. The molecular formula is C11H20N2. The predicted molar refractivity (Wildman–Crippen MR) is 57.0 cm³/mol. The van der Waals surface area contributed by atoms with Crippen LogP contribution in [0.1, 0.15) is 36.7 Å². The lowest BCUT2D eigenvalue weighted by molar-refractivity contribution is 0.725. The standard InChI is InChI=1S/C11H20N2/c1-8(2)11-7-10(5-6-12)9(3)13(11)4/h7-8H,5-6,12H2,1-4H3. The summed E-state index contributed by atoms with van der Waals surface area (Å²) in [5, 5.41) is 0. The Morgan fingerprint density at radius 1 is 1.46 bits per heavy atom. The Bertz CT molecular complexity index is 285. The van der Waals surface area contributed by atoms with E-state index in [-0.39, 0.29) is 0 Å². The third-order valence-corrected chi connectivity index (χ3v) is 2.68. The van der Waals surface area contributed by atoms with E-state index in [9.17, 15) is 0 Å². The lowest BCUT2D eigenvalue weighted by Gasteiger charge is -2.07. The zero-order valence-electron chi connectivity index (χ0n) is 9.09. The van der Waals surface area contributed by atoms with Crippen molar-refractivity contribution >= 4 is 0 Å². The van der Waals surface area contributed by atoms with Gasteiger partial charge in [0.25, 0.3) is 0 Å². The van der Waals surface area contributed by atoms with Crippen LogP contribution in [0.4, 0.5) is 0 Å². The molecule has 0 aliphatic carbocycles. The lowest BCUT2D eigenvalue weighted by Crippen LogP contribution is -2.04. The number of nitrogens with zero attached hydrogens (tertiary/aromatic N) is 1. The van der Waals surface area contributed by atoms with Crippen molar-refractivity contribution in [2.75, 3.05) is 6.54 Å². The molecule has 0 aromatic carbocycles. The Morgan fingerprint density at radius 2 is 2.08 bits per heavy atom. The second-order valence-electron chi connectivity index (χ2n) is 3.93. The molecule has 0 radical (unpaired) electrons. The summed E-state index contributed by atoms with van der Waals surface area (Å²) in [6.07, 6.45) is 0.992. The molecule has 0 atom stereocenters. The summed E-state index contributed by atoms with van der Waals surface area (Å²) in [7, 11) is 2.13. The number of hydrogen-bond acceptors (Lipinski definition) is 1. The van der Waals surface area contributed by atoms with Gasteiger partial charge in [-0.05, 0) is 37.4 Å². The highest BCUT2D eigenvalue weighted by atomic mass is 15.0. The van der Waals surface area contributed by atoms with Crippen molar-refractivity contribution in [3.63, 3.8) is 0 Å². The van der Waals surface area contributed by atoms with Gasteiger partial charge in [0.1, 0.15) is 0 Å². The van der Waals surface area contributed by atoms with Crippen LogP contribution in [-0.2, 0) is 13.5 Å². The van der Waals surface area contributed by atoms with Gasteiger partial charge in [-0.3, -0.25) is 0 Å². The van der Waals surface area contributed by atoms with Gasteiger partial charge in [0.2, 0.25) is 0 Å². The number of aromatic nitrogens is 1. The molecule has 0 unspecified atom stereocenters. The fourth-order valence-corrected chi connectivity index (χ4v) is 1.75. The van der Waals surface area contributed by atoms with Gasteiger partial charge in [0.15, 0.2) is 0 Å². The maximum absolute atomic E-state index is 5.56. The summed E-state index contributed by atoms with van der Waals surface area (Å²) in [5.74, 6) is 0.593. The van der Waals surface area contributed by atoms with Crippen molar-refractivity contribution in [1.29, 1.82) is 0 Å². The maximum Gasteiger partial charge on any atom is 0.0202 e. The summed E-state index contributed by atoms with van der Waals surface area (Å²) in [4.78, 5) is 0. The molecule has 0 bridgehead atoms. The fourth-order valence-electron chi connectivity index (χ4n) is 1.75. The second-order valence-corrected chi connectivity index (χ2v) is 3.93. The molecule has 2 nitrogen and oxygen atoms in total. The average Bonchev–Trinajstić information content (AvgIpc) is 2.33. The zero-order chi connectivity index (χ0) is 10.0. The first-order valence-corrected chi connectivity index (χ1v) is 4.93. The van der Waals surface area contributed by atoms with Crippen molar-refractivity contribution in [3.8, 4) is 0 Å². The van der Waals surface area contributed by atoms with E-state index in [1.54, 1.807) is 0 Å². The first kappa shape index (κ1) is 10.3. The summed E-state index contributed by atoms with van der Waals surface area (Å²) in [6.45, 7) is 7.35. The fraction of sp³-hybridized carbons (Fsp3) is 0.636. The molecular weight excluding hydrogens is 160 g/mol. The third kappa shape index (κ3) is 1.94. The van der Waals surface area contributed by atoms with Crippen LogP contribution in [0, 0.1) is 6.92 Å². The molecule has 1 aromatic rings. The molecule has 13 heavy (non-hydrogen) atoms. The lowest BCUT2D eigenvalue weighted by atomic mass is 10.1. The quantitative estimate of drug-likeness (QED) is 0.757. The minimum Gasteiger partial charge on any atom is -0.351 e. The molecule has 0 fully saturated rings. The van der Waals surface area contributed by atoms with E-state index < -0.39 is 0 Å². The first-order valence-electron chi connectivity index (χ1n) is 4.93. The van der Waals surface area contributed by atoms with E-state index >= 15 is 0 Å². The van der Waals surface area contributed by atoms with E-state index in [2.05, 4.69) is 38.5 Å². The topological polar surface area (TPSA) is 30.9 Å². The normalized spacial score (nSPS) is 11.2. The van der Waals surface area contributed by atoms with Gasteiger partial charge in [-0.1, -0.05) is 13.8 Å². The van der Waals surface area contributed by atoms with E-state index in [4.69, 9.17) is 5.73 Å². The Hall–Kier alpha value is -0.760. The van der Waals surface area contributed by atoms with Gasteiger partial charge in [0, 0.05) is 18.4 Å². The molecule has 74 valence electrons. The monoisotopic (exact) mass is 180 g/mol. The van der Waals surface area contributed by atoms with Gasteiger partial charge in [-0.2, -0.15) is 0 Å². The minimum absolute atomic E-state index is 0.593. The van der Waals surface area contributed by atoms with Crippen LogP contribution < -0.4 is 5.73 Å². The summed E-state index contributed by atoms with van der Waals surface area (Å²) in [5.41, 5.74) is 9.71. The van der Waals surface area contributed by atoms with Crippen molar-refractivity contribution in [2.45, 2.75) is 33.1 Å². The second kappa shape index (κ2) is 3.97. The minimum atomic E-state index is 0.593. The molecule has 2 N–H and O–H groups in total. The van der Waals surface area contributed by atoms with E-state index in [0.29, 0.717) is 5.92 Å². The van der Waals surface area contributed by atoms with Gasteiger partial charge < -0.3 is 10.3 Å². The first-order chi connectivity index (χ1) is 6.07. The van der Waals surface area contributed by atoms with Crippen molar-refractivity contribution < 1.29 is 0 Å². The van der Waals surface area contributed by atoms with Crippen molar-refractivity contribution in [2.24, 2.45) is 12.8 Å². The molecule has 1 aromatic heterocycles. The van der Waals surface area contributed by atoms with Crippen LogP contribution in [0.15, 0.2) is 6.07 Å². The highest BCUT2D eigenvalue weighted by molar-refractivity contribution is 5.28. The Kier molecular flexibility index (Phi) is 3.15. The van der Waals surface area contributed by atoms with Crippen LogP contribution in [0.2, 0.25) is 0 Å². The SMILES string of the molecule is Cc1c(CCN)cc(C(C)C)n1C. The predicted octanol–water partition coefficient (Wildman–Crippen LogP) is 1.96. The summed E-state index contributed by atoms with van der Waals surface area (Å²) < 4.78 is 2.27. The number of rotatable bonds is 3. The Balaban J connectivity index is 3.05. The molecule has 0 amide bonds. The molecule has 0 spiro atoms. The van der Waals surface area contributed by atoms with Gasteiger partial charge in [-0.15, -0.1) is 0 Å². The molecule has 1 rings (SSSR count). The van der Waals surface area contributed by atoms with Crippen LogP contribution in [0.5, 0.6) is 0 Å². The molecule has 0 aliphatic heterocycles. The van der Waals surface area contributed by atoms with Crippen LogP contribution >= 0.6 is 0 Å². The van der Waals surface area contributed by atoms with E-state index in [1.807, 2.05) is 0 Å². The van der Waals surface area contributed by atoms with Gasteiger partial charge in [0.05, 0.1) is 0 Å². The Morgan fingerprint density at radius 3 is 2.46 bits per heavy atom. The molecule has 0 saturated heterocycles. The largest absolute Gasteiger partial charge is 0.351 e. The Labute approximate surface area is 80.7 Å². The summed E-state index contributed by atoms with van der Waals surface area (Å²) in [6, 6.07) is 2.28. The highest BCUT2D eigenvalue weighted by Gasteiger charge is 2.10. The van der Waals surface area contributed by atoms with Gasteiger partial charge >= 0.3 is 0 Å². The third-order valence-electron chi connectivity index (χ3n) is 2.68. The molecule has 1 heterocycles. The number of hydrogen-bond donors (Lipinski definition) is 1. The molecule has 2 heteroatoms. The zero-order valence-corrected chi connectivity index (χ0v) is 9.09.